The molecule has 0 aliphatic heterocycles. The molecule has 0 spiro atoms. The third kappa shape index (κ3) is 69.6. The average Bonchev–Trinajstić information content (AvgIpc) is 0.843. The molecule has 0 atom stereocenters. The largest absolute Gasteiger partial charge is 1.00 e. The third-order valence-corrected chi connectivity index (χ3v) is 12.6. The Labute approximate surface area is 630 Å². The van der Waals surface area contributed by atoms with Crippen molar-refractivity contribution >= 4 is 64.8 Å². The fourth-order valence-electron chi connectivity index (χ4n) is 7.23. The predicted molar refractivity (Wildman–Crippen MR) is 389 cm³/mol. The predicted octanol–water partition coefficient (Wildman–Crippen LogP) is -7.07. The second kappa shape index (κ2) is 77.3. The number of rotatable bonds is 58. The van der Waals surface area contributed by atoms with Crippen LogP contribution in [0.2, 0.25) is 0 Å². The number of amides is 7. The van der Waals surface area contributed by atoms with E-state index in [1.54, 1.807) is 19.2 Å². The Hall–Kier alpha value is -4.80. The van der Waals surface area contributed by atoms with Gasteiger partial charge >= 0.3 is 29.6 Å². The smallest absolute Gasteiger partial charge is 0.691 e. The summed E-state index contributed by atoms with van der Waals surface area (Å²) in [6.07, 6.45) is 6.01. The van der Waals surface area contributed by atoms with Gasteiger partial charge in [0.1, 0.15) is 5.75 Å². The number of ether oxygens (including phenoxy) is 8. The van der Waals surface area contributed by atoms with Crippen molar-refractivity contribution in [2.24, 2.45) is 51.6 Å². The Morgan fingerprint density at radius 1 is 0.373 bits per heavy atom. The van der Waals surface area contributed by atoms with E-state index in [1.165, 1.54) is 24.3 Å². The van der Waals surface area contributed by atoms with Gasteiger partial charge in [-0.3, -0.25) is 38.6 Å². The maximum atomic E-state index is 12.4. The van der Waals surface area contributed by atoms with Crippen molar-refractivity contribution in [3.8, 4) is 0 Å². The SMILES string of the molecule is CNCC(=O)NCCCOCCOCCOCCCN.C[N+](C)(C)CC(=O)Nc1cc(C(=O)NCCCN)cc(C(=O)NCCCN)c1.NCCCNC(=O)c1cc(NC(=O)CSOO[O-])cc(C(=O)NCCCN)c1.NCCCOCCOCCOCCCN.NCCOCCOCCN.[Na+]. The van der Waals surface area contributed by atoms with Crippen LogP contribution in [0.15, 0.2) is 36.4 Å². The number of benzene rings is 2. The van der Waals surface area contributed by atoms with Crippen LogP contribution in [0.4, 0.5) is 11.4 Å². The van der Waals surface area contributed by atoms with Gasteiger partial charge < -0.3 is 142 Å². The molecule has 0 aromatic heterocycles. The van der Waals surface area contributed by atoms with Gasteiger partial charge in [-0.05, 0) is 141 Å². The number of nitrogens with zero attached hydrogens (tertiary/aromatic N) is 1. The maximum absolute atomic E-state index is 12.4. The van der Waals surface area contributed by atoms with Crippen molar-refractivity contribution in [2.75, 3.05) is 255 Å². The van der Waals surface area contributed by atoms with E-state index in [4.69, 9.17) is 89.5 Å². The molecular weight excluding hydrogens is 1360 g/mol. The summed E-state index contributed by atoms with van der Waals surface area (Å²) in [5.74, 6) is -2.41. The summed E-state index contributed by atoms with van der Waals surface area (Å²) < 4.78 is 46.3. The number of anilines is 2. The Kier molecular flexibility index (Phi) is 78.5. The number of nitrogens with one attached hydrogen (secondary N) is 8. The minimum atomic E-state index is -0.516. The molecule has 586 valence electrons. The summed E-state index contributed by atoms with van der Waals surface area (Å²) in [5.41, 5.74) is 49.6. The van der Waals surface area contributed by atoms with Gasteiger partial charge in [0.25, 0.3) is 29.5 Å². The van der Waals surface area contributed by atoms with Crippen molar-refractivity contribution < 1.29 is 120 Å². The van der Waals surface area contributed by atoms with Gasteiger partial charge in [-0.25, -0.2) is 0 Å². The van der Waals surface area contributed by atoms with E-state index in [9.17, 15) is 38.8 Å². The maximum Gasteiger partial charge on any atom is 1.00 e. The van der Waals surface area contributed by atoms with E-state index in [-0.39, 0.29) is 82.3 Å². The van der Waals surface area contributed by atoms with Gasteiger partial charge in [-0.1, -0.05) is 0 Å². The van der Waals surface area contributed by atoms with Crippen LogP contribution in [-0.4, -0.2) is 290 Å². The second-order valence-electron chi connectivity index (χ2n) is 22.3. The molecule has 0 radical (unpaired) electrons. The van der Waals surface area contributed by atoms with Gasteiger partial charge in [0, 0.05) is 118 Å². The number of hydrogen-bond acceptors (Lipinski definition) is 29. The molecule has 0 saturated heterocycles. The summed E-state index contributed by atoms with van der Waals surface area (Å²) in [7, 11) is 7.44. The van der Waals surface area contributed by atoms with Crippen molar-refractivity contribution in [1.82, 2.24) is 31.9 Å². The molecular formula is C64H126N18NaO18S+. The van der Waals surface area contributed by atoms with Crippen molar-refractivity contribution in [3.63, 3.8) is 0 Å². The van der Waals surface area contributed by atoms with Crippen LogP contribution in [-0.2, 0) is 61.7 Å². The number of quaternary nitrogens is 1. The van der Waals surface area contributed by atoms with Crippen molar-refractivity contribution in [3.05, 3.63) is 58.7 Å². The standard InChI is InChI=1S/C19H32N6O3.C16H25N5O6S.C13H29N3O4.C10H24N2O3.C6H16N2O2.Na/c1-25(2,3)13-17(26)24-16-11-14(18(27)22-8-4-6-20)10-15(12-16)19(28)23-9-5-7-21;17-3-1-5-19-15(23)11-7-12(16(24)20-6-2-4-18)9-13(8-11)21-14(22)10-28-27-26-25;1-15-12-13(17)16-5-3-7-19-9-11-20-10-8-18-6-2-4-14;11-3-1-5-13-7-9-15-10-8-14-6-2-4-12;7-1-3-9-5-6-10-4-2-8;/h10-12H,4-9,13,20-21H2,1-3H3,(H2-,22,23,24,26,27,28);7-9,25H,1-6,10,17-18H2,(H,19,23)(H,20,24)(H,21,22);15H,2-12,14H2,1H3,(H,16,17);1-12H2;1-8H2;/q;;;;;+1. The molecule has 2 rings (SSSR count). The normalized spacial score (nSPS) is 10.6. The molecule has 36 nitrogen and oxygen atoms in total. The van der Waals surface area contributed by atoms with Gasteiger partial charge in [-0.15, -0.1) is 0 Å². The fourth-order valence-corrected chi connectivity index (χ4v) is 7.49. The molecule has 2 aromatic rings. The first kappa shape index (κ1) is 104. The number of likely N-dealkylation sites (N-methyl/N-ethyl adjacent to an activating group) is 2. The number of carbonyl (C=O) groups is 7. The molecule has 2 aromatic carbocycles. The molecule has 0 aliphatic rings. The van der Waals surface area contributed by atoms with E-state index in [0.717, 1.165) is 25.7 Å². The Morgan fingerprint density at radius 3 is 0.941 bits per heavy atom. The minimum Gasteiger partial charge on any atom is -0.691 e. The molecule has 38 heteroatoms. The molecule has 0 aliphatic carbocycles. The van der Waals surface area contributed by atoms with Gasteiger partial charge in [0.05, 0.1) is 107 Å². The summed E-state index contributed by atoms with van der Waals surface area (Å²) in [5, 5.41) is 34.6. The van der Waals surface area contributed by atoms with E-state index in [2.05, 4.69) is 51.9 Å². The molecule has 0 bridgehead atoms. The average molecular weight is 1490 g/mol. The van der Waals surface area contributed by atoms with E-state index in [0.29, 0.717) is 263 Å². The van der Waals surface area contributed by atoms with Crippen molar-refractivity contribution in [1.29, 1.82) is 0 Å². The zero-order valence-electron chi connectivity index (χ0n) is 61.4. The monoisotopic (exact) mass is 1490 g/mol. The van der Waals surface area contributed by atoms with E-state index in [1.807, 2.05) is 21.1 Å². The van der Waals surface area contributed by atoms with Crippen LogP contribution in [0.3, 0.4) is 0 Å². The topological polar surface area (TPSA) is 565 Å². The molecule has 0 saturated carbocycles. The molecule has 0 unspecified atom stereocenters. The number of carbonyl (C=O) groups excluding carboxylic acids is 7. The van der Waals surface area contributed by atoms with Gasteiger partial charge in [-0.2, -0.15) is 4.33 Å². The molecule has 7 amide bonds. The molecule has 102 heavy (non-hydrogen) atoms. The summed E-state index contributed by atoms with van der Waals surface area (Å²) in [6.45, 7) is 17.8. The first-order valence-electron chi connectivity index (χ1n) is 34.1. The summed E-state index contributed by atoms with van der Waals surface area (Å²) in [4.78, 5) is 84.7. The zero-order valence-corrected chi connectivity index (χ0v) is 64.2. The van der Waals surface area contributed by atoms with Gasteiger partial charge in [0.15, 0.2) is 6.54 Å². The van der Waals surface area contributed by atoms with E-state index >= 15 is 0 Å². The van der Waals surface area contributed by atoms with Crippen LogP contribution in [0.5, 0.6) is 0 Å². The van der Waals surface area contributed by atoms with Crippen LogP contribution < -0.4 is 129 Å². The first-order valence-corrected chi connectivity index (χ1v) is 35.0. The van der Waals surface area contributed by atoms with Gasteiger partial charge in [0.2, 0.25) is 11.8 Å². The Balaban J connectivity index is -0.000000611. The number of nitrogens with two attached hydrogens (primary N) is 9. The zero-order chi connectivity index (χ0) is 75.7. The first-order chi connectivity index (χ1) is 48.8. The second-order valence-corrected chi connectivity index (χ2v) is 22.9. The van der Waals surface area contributed by atoms with Crippen LogP contribution in [0.25, 0.3) is 0 Å². The molecule has 26 N–H and O–H groups in total. The number of hydrogen-bond donors (Lipinski definition) is 17. The molecule has 0 fully saturated rings. The summed E-state index contributed by atoms with van der Waals surface area (Å²) in [6, 6.07) is 8.91. The van der Waals surface area contributed by atoms with Crippen molar-refractivity contribution in [2.45, 2.75) is 51.4 Å². The van der Waals surface area contributed by atoms with Crippen LogP contribution in [0.1, 0.15) is 92.8 Å². The van der Waals surface area contributed by atoms with Crippen LogP contribution in [0, 0.1) is 0 Å². The Morgan fingerprint density at radius 2 is 0.657 bits per heavy atom. The molecule has 0 heterocycles. The quantitative estimate of drug-likeness (QED) is 0.00731. The van der Waals surface area contributed by atoms with Crippen LogP contribution >= 0.6 is 12.0 Å². The third-order valence-electron chi connectivity index (χ3n) is 12.0. The minimum absolute atomic E-state index is 0. The Bertz CT molecular complexity index is 2270. The summed E-state index contributed by atoms with van der Waals surface area (Å²) >= 11 is 0.500. The fraction of sp³-hybridized carbons (Fsp3) is 0.703. The van der Waals surface area contributed by atoms with E-state index < -0.39 is 17.7 Å².